The summed E-state index contributed by atoms with van der Waals surface area (Å²) in [5.41, 5.74) is 2.32. The molecule has 1 aromatic carbocycles. The van der Waals surface area contributed by atoms with Gasteiger partial charge in [0.15, 0.2) is 12.2 Å². The quantitative estimate of drug-likeness (QED) is 0.684. The van der Waals surface area contributed by atoms with Gasteiger partial charge < -0.3 is 4.42 Å². The zero-order valence-electron chi connectivity index (χ0n) is 8.82. The first-order chi connectivity index (χ1) is 6.86. The van der Waals surface area contributed by atoms with E-state index in [2.05, 4.69) is 24.0 Å². The minimum Gasteiger partial charge on any atom is -0.444 e. The molecule has 2 heteroatoms. The number of rotatable bonds is 1. The highest BCUT2D eigenvalue weighted by molar-refractivity contribution is 5.56. The van der Waals surface area contributed by atoms with Crippen molar-refractivity contribution in [1.29, 1.82) is 0 Å². The number of aromatic nitrogens is 1. The second-order valence-corrected chi connectivity index (χ2v) is 2.73. The lowest BCUT2D eigenvalue weighted by atomic mass is 10.1. The molecule has 1 aromatic heterocycles. The number of hydrogen-bond acceptors (Lipinski definition) is 2. The van der Waals surface area contributed by atoms with Gasteiger partial charge >= 0.3 is 0 Å². The molecule has 1 heterocycles. The lowest BCUT2D eigenvalue weighted by molar-refractivity contribution is 0.572. The summed E-state index contributed by atoms with van der Waals surface area (Å²) in [5.74, 6) is 0.815. The van der Waals surface area contributed by atoms with Gasteiger partial charge in [-0.3, -0.25) is 0 Å². The van der Waals surface area contributed by atoms with Gasteiger partial charge in [0.25, 0.3) is 0 Å². The first-order valence-electron chi connectivity index (χ1n) is 4.82. The molecule has 0 unspecified atom stereocenters. The van der Waals surface area contributed by atoms with Crippen LogP contribution in [0.5, 0.6) is 0 Å². The van der Waals surface area contributed by atoms with Crippen molar-refractivity contribution in [2.75, 3.05) is 0 Å². The summed E-state index contributed by atoms with van der Waals surface area (Å²) >= 11 is 0. The Balaban J connectivity index is 0.000000461. The summed E-state index contributed by atoms with van der Waals surface area (Å²) in [5, 5.41) is 0. The van der Waals surface area contributed by atoms with Gasteiger partial charge in [0, 0.05) is 5.56 Å². The maximum absolute atomic E-state index is 5.15. The number of oxazole rings is 1. The SMILES string of the molecule is CC.Cc1ccc(-c2cnco2)cc1. The van der Waals surface area contributed by atoms with Crippen LogP contribution in [0.25, 0.3) is 11.3 Å². The molecule has 0 radical (unpaired) electrons. The molecule has 14 heavy (non-hydrogen) atoms. The molecule has 0 fully saturated rings. The van der Waals surface area contributed by atoms with Crippen LogP contribution in [0, 0.1) is 6.92 Å². The van der Waals surface area contributed by atoms with Gasteiger partial charge in [-0.15, -0.1) is 0 Å². The van der Waals surface area contributed by atoms with Crippen molar-refractivity contribution in [3.8, 4) is 11.3 Å². The van der Waals surface area contributed by atoms with Gasteiger partial charge in [-0.25, -0.2) is 4.98 Å². The molecular weight excluding hydrogens is 174 g/mol. The molecule has 0 spiro atoms. The summed E-state index contributed by atoms with van der Waals surface area (Å²) in [6, 6.07) is 8.15. The van der Waals surface area contributed by atoms with Gasteiger partial charge in [-0.1, -0.05) is 43.7 Å². The van der Waals surface area contributed by atoms with E-state index in [0.717, 1.165) is 11.3 Å². The fourth-order valence-electron chi connectivity index (χ4n) is 1.08. The molecule has 0 aliphatic heterocycles. The molecule has 0 aliphatic rings. The van der Waals surface area contributed by atoms with Crippen LogP contribution in [0.3, 0.4) is 0 Å². The monoisotopic (exact) mass is 189 g/mol. The van der Waals surface area contributed by atoms with Crippen molar-refractivity contribution in [2.24, 2.45) is 0 Å². The van der Waals surface area contributed by atoms with Crippen LogP contribution in [0.1, 0.15) is 19.4 Å². The summed E-state index contributed by atoms with van der Waals surface area (Å²) in [6.07, 6.45) is 3.15. The van der Waals surface area contributed by atoms with Crippen LogP contribution in [0.4, 0.5) is 0 Å². The molecule has 0 N–H and O–H groups in total. The Morgan fingerprint density at radius 2 is 1.71 bits per heavy atom. The van der Waals surface area contributed by atoms with Crippen LogP contribution in [-0.2, 0) is 0 Å². The molecule has 0 saturated heterocycles. The zero-order valence-corrected chi connectivity index (χ0v) is 8.82. The number of benzene rings is 1. The lowest BCUT2D eigenvalue weighted by Gasteiger charge is -1.95. The Bertz CT molecular complexity index is 348. The smallest absolute Gasteiger partial charge is 0.181 e. The van der Waals surface area contributed by atoms with Crippen LogP contribution >= 0.6 is 0 Å². The van der Waals surface area contributed by atoms with Crippen LogP contribution < -0.4 is 0 Å². The fourth-order valence-corrected chi connectivity index (χ4v) is 1.08. The molecule has 0 bridgehead atoms. The van der Waals surface area contributed by atoms with Gasteiger partial charge in [0.05, 0.1) is 6.20 Å². The average Bonchev–Trinajstić information content (AvgIpc) is 2.75. The van der Waals surface area contributed by atoms with Crippen molar-refractivity contribution in [2.45, 2.75) is 20.8 Å². The molecular formula is C12H15NO. The van der Waals surface area contributed by atoms with Crippen molar-refractivity contribution in [3.05, 3.63) is 42.4 Å². The third-order valence-electron chi connectivity index (χ3n) is 1.77. The van der Waals surface area contributed by atoms with Gasteiger partial charge in [0.1, 0.15) is 0 Å². The van der Waals surface area contributed by atoms with Crippen LogP contribution in [0.15, 0.2) is 41.3 Å². The highest BCUT2D eigenvalue weighted by Gasteiger charge is 1.98. The molecule has 0 saturated carbocycles. The molecule has 2 nitrogen and oxygen atoms in total. The topological polar surface area (TPSA) is 26.0 Å². The zero-order chi connectivity index (χ0) is 10.4. The molecule has 0 atom stereocenters. The maximum atomic E-state index is 5.15. The van der Waals surface area contributed by atoms with Gasteiger partial charge in [-0.05, 0) is 6.92 Å². The predicted octanol–water partition coefficient (Wildman–Crippen LogP) is 3.68. The van der Waals surface area contributed by atoms with Gasteiger partial charge in [-0.2, -0.15) is 0 Å². The Morgan fingerprint density at radius 3 is 2.21 bits per heavy atom. The Hall–Kier alpha value is -1.57. The van der Waals surface area contributed by atoms with Crippen molar-refractivity contribution < 1.29 is 4.42 Å². The first-order valence-corrected chi connectivity index (χ1v) is 4.82. The fraction of sp³-hybridized carbons (Fsp3) is 0.250. The first kappa shape index (κ1) is 10.5. The van der Waals surface area contributed by atoms with E-state index in [0.29, 0.717) is 0 Å². The van der Waals surface area contributed by atoms with E-state index < -0.39 is 0 Å². The largest absolute Gasteiger partial charge is 0.444 e. The number of aryl methyl sites for hydroxylation is 1. The van der Waals surface area contributed by atoms with Crippen molar-refractivity contribution in [1.82, 2.24) is 4.98 Å². The van der Waals surface area contributed by atoms with E-state index in [9.17, 15) is 0 Å². The van der Waals surface area contributed by atoms with E-state index in [-0.39, 0.29) is 0 Å². The summed E-state index contributed by atoms with van der Waals surface area (Å²) < 4.78 is 5.15. The molecule has 74 valence electrons. The highest BCUT2D eigenvalue weighted by Crippen LogP contribution is 2.18. The van der Waals surface area contributed by atoms with Crippen LogP contribution in [0.2, 0.25) is 0 Å². The normalized spacial score (nSPS) is 9.07. The van der Waals surface area contributed by atoms with E-state index >= 15 is 0 Å². The predicted molar refractivity (Wildman–Crippen MR) is 58.0 cm³/mol. The van der Waals surface area contributed by atoms with E-state index in [1.807, 2.05) is 26.0 Å². The van der Waals surface area contributed by atoms with Crippen molar-refractivity contribution in [3.63, 3.8) is 0 Å². The van der Waals surface area contributed by atoms with E-state index in [4.69, 9.17) is 4.42 Å². The number of hydrogen-bond donors (Lipinski definition) is 0. The minimum absolute atomic E-state index is 0.815. The number of nitrogens with zero attached hydrogens (tertiary/aromatic N) is 1. The standard InChI is InChI=1S/C10H9NO.C2H6/c1-8-2-4-9(5-3-8)10-6-11-7-12-10;1-2/h2-7H,1H3;1-2H3. The third kappa shape index (κ3) is 2.46. The Kier molecular flexibility index (Phi) is 3.92. The second kappa shape index (κ2) is 5.22. The summed E-state index contributed by atoms with van der Waals surface area (Å²) in [6.45, 7) is 6.06. The molecule has 2 aromatic rings. The third-order valence-corrected chi connectivity index (χ3v) is 1.77. The summed E-state index contributed by atoms with van der Waals surface area (Å²) in [7, 11) is 0. The molecule has 0 amide bonds. The van der Waals surface area contributed by atoms with Crippen molar-refractivity contribution >= 4 is 0 Å². The molecule has 0 aliphatic carbocycles. The second-order valence-electron chi connectivity index (χ2n) is 2.73. The Morgan fingerprint density at radius 1 is 1.07 bits per heavy atom. The molecule has 2 rings (SSSR count). The summed E-state index contributed by atoms with van der Waals surface area (Å²) in [4.78, 5) is 3.85. The van der Waals surface area contributed by atoms with E-state index in [1.165, 1.54) is 12.0 Å². The Labute approximate surface area is 84.6 Å². The average molecular weight is 189 g/mol. The lowest BCUT2D eigenvalue weighted by Crippen LogP contribution is -1.74. The maximum Gasteiger partial charge on any atom is 0.181 e. The highest BCUT2D eigenvalue weighted by atomic mass is 16.3. The van der Waals surface area contributed by atoms with E-state index in [1.54, 1.807) is 6.20 Å². The minimum atomic E-state index is 0.815. The van der Waals surface area contributed by atoms with Crippen LogP contribution in [-0.4, -0.2) is 4.98 Å². The van der Waals surface area contributed by atoms with Gasteiger partial charge in [0.2, 0.25) is 0 Å².